The van der Waals surface area contributed by atoms with Crippen molar-refractivity contribution in [2.24, 2.45) is 17.6 Å². The van der Waals surface area contributed by atoms with Gasteiger partial charge in [-0.25, -0.2) is 9.59 Å². The van der Waals surface area contributed by atoms with Gasteiger partial charge in [0, 0.05) is 13.0 Å². The zero-order valence-electron chi connectivity index (χ0n) is 20.0. The Balaban J connectivity index is 0.000000316. The number of carbonyl (C=O) groups is 3. The van der Waals surface area contributed by atoms with E-state index in [0.29, 0.717) is 18.0 Å². The summed E-state index contributed by atoms with van der Waals surface area (Å²) in [5, 5.41) is 0. The highest BCUT2D eigenvalue weighted by Gasteiger charge is 2.44. The molecule has 1 unspecified atom stereocenters. The van der Waals surface area contributed by atoms with Gasteiger partial charge in [0.25, 0.3) is 5.56 Å². The number of ether oxygens (including phenoxy) is 2. The molecule has 2 amide bonds. The number of nitrogens with one attached hydrogen (secondary N) is 1. The molecule has 1 aliphatic carbocycles. The van der Waals surface area contributed by atoms with Crippen LogP contribution in [-0.4, -0.2) is 42.2 Å². The minimum absolute atomic E-state index is 0.0783. The summed E-state index contributed by atoms with van der Waals surface area (Å²) in [5.41, 5.74) is 6.41. The molecule has 9 heteroatoms. The predicted molar refractivity (Wildman–Crippen MR) is 130 cm³/mol. The average Bonchev–Trinajstić information content (AvgIpc) is 3.61. The van der Waals surface area contributed by atoms with E-state index in [2.05, 4.69) is 29.8 Å². The zero-order chi connectivity index (χ0) is 25.4. The number of rotatable bonds is 7. The lowest BCUT2D eigenvalue weighted by Crippen LogP contribution is -2.51. The summed E-state index contributed by atoms with van der Waals surface area (Å²) >= 11 is 0. The van der Waals surface area contributed by atoms with E-state index < -0.39 is 17.6 Å². The van der Waals surface area contributed by atoms with Gasteiger partial charge in [0.2, 0.25) is 5.91 Å². The SMILES string of the molecule is C=C/C=C(\C=C)COC(N)=O.CCOC(=O)c1cc2c(c(=O)[nH]1)N(C(C)=O)[C@@H](C1CC1)C(C)C2. The number of primary amides is 1. The van der Waals surface area contributed by atoms with Crippen LogP contribution in [0.5, 0.6) is 0 Å². The summed E-state index contributed by atoms with van der Waals surface area (Å²) in [6.07, 6.45) is 6.96. The second-order valence-electron chi connectivity index (χ2n) is 8.29. The van der Waals surface area contributed by atoms with Crippen molar-refractivity contribution < 1.29 is 23.9 Å². The monoisotopic (exact) mass is 471 g/mol. The first-order valence-electron chi connectivity index (χ1n) is 11.2. The summed E-state index contributed by atoms with van der Waals surface area (Å²) in [4.78, 5) is 51.0. The lowest BCUT2D eigenvalue weighted by molar-refractivity contribution is -0.117. The number of nitrogens with zero attached hydrogens (tertiary/aromatic N) is 1. The van der Waals surface area contributed by atoms with Crippen molar-refractivity contribution in [3.05, 3.63) is 64.6 Å². The quantitative estimate of drug-likeness (QED) is 0.463. The second kappa shape index (κ2) is 12.0. The number of amides is 2. The van der Waals surface area contributed by atoms with Gasteiger partial charge in [-0.1, -0.05) is 38.3 Å². The van der Waals surface area contributed by atoms with Crippen LogP contribution in [0.4, 0.5) is 10.5 Å². The minimum Gasteiger partial charge on any atom is -0.461 e. The highest BCUT2D eigenvalue weighted by atomic mass is 16.5. The molecule has 1 aromatic rings. The Kier molecular flexibility index (Phi) is 9.41. The van der Waals surface area contributed by atoms with Gasteiger partial charge in [0.05, 0.1) is 6.61 Å². The molecule has 3 rings (SSSR count). The average molecular weight is 472 g/mol. The zero-order valence-corrected chi connectivity index (χ0v) is 20.0. The maximum atomic E-state index is 12.5. The number of aromatic amines is 1. The lowest BCUT2D eigenvalue weighted by atomic mass is 9.84. The van der Waals surface area contributed by atoms with Crippen molar-refractivity contribution >= 4 is 23.7 Å². The molecule has 3 N–H and O–H groups in total. The predicted octanol–water partition coefficient (Wildman–Crippen LogP) is 3.26. The van der Waals surface area contributed by atoms with Crippen molar-refractivity contribution in [3.8, 4) is 0 Å². The van der Waals surface area contributed by atoms with Crippen molar-refractivity contribution in [1.29, 1.82) is 0 Å². The molecule has 1 aliphatic heterocycles. The molecule has 0 spiro atoms. The van der Waals surface area contributed by atoms with Crippen molar-refractivity contribution in [2.75, 3.05) is 18.1 Å². The number of H-pyrrole nitrogens is 1. The van der Waals surface area contributed by atoms with Crippen LogP contribution in [0.3, 0.4) is 0 Å². The fourth-order valence-electron chi connectivity index (χ4n) is 4.18. The molecule has 2 atom stereocenters. The third-order valence-electron chi connectivity index (χ3n) is 5.66. The topological polar surface area (TPSA) is 132 Å². The maximum absolute atomic E-state index is 12.5. The van der Waals surface area contributed by atoms with E-state index >= 15 is 0 Å². The molecule has 34 heavy (non-hydrogen) atoms. The first-order chi connectivity index (χ1) is 16.1. The third-order valence-corrected chi connectivity index (χ3v) is 5.66. The summed E-state index contributed by atoms with van der Waals surface area (Å²) in [7, 11) is 0. The molecule has 0 aromatic carbocycles. The Morgan fingerprint density at radius 1 is 1.26 bits per heavy atom. The molecule has 0 bridgehead atoms. The smallest absolute Gasteiger partial charge is 0.404 e. The Bertz CT molecular complexity index is 1040. The van der Waals surface area contributed by atoms with E-state index in [9.17, 15) is 19.2 Å². The lowest BCUT2D eigenvalue weighted by Gasteiger charge is -2.40. The summed E-state index contributed by atoms with van der Waals surface area (Å²) in [5.74, 6) is 0.0738. The first-order valence-corrected chi connectivity index (χ1v) is 11.2. The fourth-order valence-corrected chi connectivity index (χ4v) is 4.18. The number of fused-ring (bicyclic) bond motifs is 1. The van der Waals surface area contributed by atoms with E-state index in [4.69, 9.17) is 10.5 Å². The van der Waals surface area contributed by atoms with Gasteiger partial charge in [-0.05, 0) is 55.2 Å². The molecule has 0 radical (unpaired) electrons. The van der Waals surface area contributed by atoms with Gasteiger partial charge >= 0.3 is 12.1 Å². The van der Waals surface area contributed by atoms with Crippen molar-refractivity contribution in [1.82, 2.24) is 4.98 Å². The highest BCUT2D eigenvalue weighted by molar-refractivity contribution is 5.94. The molecule has 9 nitrogen and oxygen atoms in total. The standard InChI is InChI=1S/C17H22N2O4.C8H11NO2/c1-4-23-17(22)13-8-12-7-9(2)14(11-5-6-11)19(10(3)20)15(12)16(21)18-13;1-3-5-7(4-2)6-11-8(9)10/h8-9,11,14H,4-7H2,1-3H3,(H,18,21);3-5H,1-2,6H2,(H2,9,10)/b;7-5+/t9?,14-;/m1./s1. The van der Waals surface area contributed by atoms with Gasteiger partial charge in [-0.3, -0.25) is 9.59 Å². The van der Waals surface area contributed by atoms with E-state index in [1.165, 1.54) is 6.92 Å². The Labute approximate surface area is 199 Å². The molecular formula is C25H33N3O6. The van der Waals surface area contributed by atoms with Gasteiger partial charge in [-0.15, -0.1) is 0 Å². The largest absolute Gasteiger partial charge is 0.461 e. The number of hydrogen-bond donors (Lipinski definition) is 2. The van der Waals surface area contributed by atoms with Crippen LogP contribution >= 0.6 is 0 Å². The van der Waals surface area contributed by atoms with E-state index in [1.54, 1.807) is 36.1 Å². The van der Waals surface area contributed by atoms with Gasteiger partial charge < -0.3 is 25.1 Å². The van der Waals surface area contributed by atoms with Crippen LogP contribution in [0.1, 0.15) is 49.7 Å². The van der Waals surface area contributed by atoms with Crippen LogP contribution in [0.25, 0.3) is 0 Å². The highest BCUT2D eigenvalue weighted by Crippen LogP contribution is 2.44. The summed E-state index contributed by atoms with van der Waals surface area (Å²) in [6.45, 7) is 12.7. The van der Waals surface area contributed by atoms with Gasteiger partial charge in [-0.2, -0.15) is 0 Å². The number of esters is 1. The van der Waals surface area contributed by atoms with Crippen LogP contribution in [0, 0.1) is 11.8 Å². The van der Waals surface area contributed by atoms with Crippen molar-refractivity contribution in [2.45, 2.75) is 46.1 Å². The first kappa shape index (κ1) is 26.6. The summed E-state index contributed by atoms with van der Waals surface area (Å²) < 4.78 is 9.45. The van der Waals surface area contributed by atoms with Gasteiger partial charge in [0.1, 0.15) is 18.0 Å². The van der Waals surface area contributed by atoms with E-state index in [1.807, 2.05) is 0 Å². The fraction of sp³-hybridized carbons (Fsp3) is 0.440. The number of carbonyl (C=O) groups excluding carboxylic acids is 3. The molecule has 2 heterocycles. The maximum Gasteiger partial charge on any atom is 0.404 e. The molecule has 1 aromatic heterocycles. The van der Waals surface area contributed by atoms with Gasteiger partial charge in [0.15, 0.2) is 0 Å². The van der Waals surface area contributed by atoms with Crippen LogP contribution < -0.4 is 16.2 Å². The molecule has 184 valence electrons. The number of allylic oxidation sites excluding steroid dienone is 2. The molecule has 0 saturated heterocycles. The van der Waals surface area contributed by atoms with Crippen LogP contribution in [-0.2, 0) is 20.7 Å². The minimum atomic E-state index is -0.790. The number of nitrogens with two attached hydrogens (primary N) is 1. The molecule has 2 aliphatic rings. The Hall–Kier alpha value is -3.62. The number of hydrogen-bond acceptors (Lipinski definition) is 6. The molecular weight excluding hydrogens is 438 g/mol. The molecule has 1 fully saturated rings. The number of anilines is 1. The van der Waals surface area contributed by atoms with E-state index in [0.717, 1.165) is 24.0 Å². The Morgan fingerprint density at radius 2 is 1.94 bits per heavy atom. The molecule has 1 saturated carbocycles. The van der Waals surface area contributed by atoms with Crippen molar-refractivity contribution in [3.63, 3.8) is 0 Å². The normalized spacial score (nSPS) is 19.1. The third kappa shape index (κ3) is 6.69. The number of aromatic nitrogens is 1. The second-order valence-corrected chi connectivity index (χ2v) is 8.29. The van der Waals surface area contributed by atoms with Crippen LogP contribution in [0.15, 0.2) is 47.8 Å². The van der Waals surface area contributed by atoms with E-state index in [-0.39, 0.29) is 36.8 Å². The Morgan fingerprint density at radius 3 is 2.44 bits per heavy atom. The van der Waals surface area contributed by atoms with Crippen LogP contribution in [0.2, 0.25) is 0 Å². The summed E-state index contributed by atoms with van der Waals surface area (Å²) in [6, 6.07) is 1.74. The number of pyridine rings is 1.